The molecule has 0 saturated heterocycles. The number of rotatable bonds is 1. The van der Waals surface area contributed by atoms with Gasteiger partial charge < -0.3 is 4.74 Å². The molecule has 0 aliphatic rings. The Balaban J connectivity index is 3.70. The molecule has 2 nitrogen and oxygen atoms in total. The van der Waals surface area contributed by atoms with Gasteiger partial charge in [-0.3, -0.25) is 0 Å². The third-order valence-corrected chi connectivity index (χ3v) is 0.829. The van der Waals surface area contributed by atoms with Crippen LogP contribution in [0, 0.1) is 0 Å². The van der Waals surface area contributed by atoms with Crippen molar-refractivity contribution in [3.8, 4) is 0 Å². The minimum atomic E-state index is -0.295. The van der Waals surface area contributed by atoms with Crippen LogP contribution in [0.25, 0.3) is 0 Å². The number of allylic oxidation sites excluding steroid dienone is 1. The highest BCUT2D eigenvalue weighted by atomic mass is 127. The summed E-state index contributed by atoms with van der Waals surface area (Å²) in [4.78, 5) is 10.3. The van der Waals surface area contributed by atoms with Gasteiger partial charge in [0, 0.05) is 6.08 Å². The van der Waals surface area contributed by atoms with Crippen molar-refractivity contribution in [1.29, 1.82) is 0 Å². The molecule has 0 radical (unpaired) electrons. The van der Waals surface area contributed by atoms with Gasteiger partial charge in [0.2, 0.25) is 0 Å². The Morgan fingerprint density at radius 1 is 1.75 bits per heavy atom. The minimum Gasteiger partial charge on any atom is -0.466 e. The molecule has 46 valence electrons. The van der Waals surface area contributed by atoms with Gasteiger partial charge in [0.05, 0.1) is 7.11 Å². The second-order valence-corrected chi connectivity index (χ2v) is 2.96. The number of methoxy groups -OCH3 is 1. The van der Waals surface area contributed by atoms with Crippen molar-refractivity contribution in [2.45, 2.75) is 6.92 Å². The Bertz CT molecular complexity index is 114. The van der Waals surface area contributed by atoms with Gasteiger partial charge in [-0.15, -0.1) is 0 Å². The van der Waals surface area contributed by atoms with Crippen LogP contribution in [0.1, 0.15) is 6.92 Å². The second kappa shape index (κ2) is 3.88. The van der Waals surface area contributed by atoms with E-state index in [-0.39, 0.29) is 5.97 Å². The summed E-state index contributed by atoms with van der Waals surface area (Å²) in [7, 11) is 1.36. The summed E-state index contributed by atoms with van der Waals surface area (Å²) >= 11 is 2.04. The summed E-state index contributed by atoms with van der Waals surface area (Å²) in [6, 6.07) is 0. The molecule has 0 rings (SSSR count). The third kappa shape index (κ3) is 4.11. The maximum atomic E-state index is 10.3. The van der Waals surface area contributed by atoms with E-state index in [9.17, 15) is 4.79 Å². The molecule has 0 aliphatic heterocycles. The molecule has 8 heavy (non-hydrogen) atoms. The van der Waals surface area contributed by atoms with E-state index in [1.165, 1.54) is 13.2 Å². The standard InChI is InChI=1S/C5H7IO2/c1-4(6)3-5(7)8-2/h3H,1-2H3/b4-3-. The molecular weight excluding hydrogens is 219 g/mol. The number of hydrogen-bond donors (Lipinski definition) is 0. The first kappa shape index (κ1) is 7.94. The van der Waals surface area contributed by atoms with Gasteiger partial charge >= 0.3 is 5.97 Å². The van der Waals surface area contributed by atoms with E-state index < -0.39 is 0 Å². The van der Waals surface area contributed by atoms with Crippen LogP contribution >= 0.6 is 22.6 Å². The maximum Gasteiger partial charge on any atom is 0.331 e. The topological polar surface area (TPSA) is 26.3 Å². The van der Waals surface area contributed by atoms with Crippen molar-refractivity contribution in [2.75, 3.05) is 7.11 Å². The summed E-state index contributed by atoms with van der Waals surface area (Å²) in [5.41, 5.74) is 0. The number of carbonyl (C=O) groups excluding carboxylic acids is 1. The average Bonchev–Trinajstić information content (AvgIpc) is 1.65. The zero-order valence-electron chi connectivity index (χ0n) is 4.77. The van der Waals surface area contributed by atoms with E-state index >= 15 is 0 Å². The maximum absolute atomic E-state index is 10.3. The monoisotopic (exact) mass is 226 g/mol. The van der Waals surface area contributed by atoms with E-state index in [1.807, 2.05) is 29.5 Å². The predicted molar refractivity (Wildman–Crippen MR) is 39.8 cm³/mol. The predicted octanol–water partition coefficient (Wildman–Crippen LogP) is 1.50. The van der Waals surface area contributed by atoms with Crippen LogP contribution in [-0.4, -0.2) is 13.1 Å². The largest absolute Gasteiger partial charge is 0.466 e. The van der Waals surface area contributed by atoms with Crippen LogP contribution in [0.15, 0.2) is 9.66 Å². The van der Waals surface area contributed by atoms with Crippen LogP contribution in [0.2, 0.25) is 0 Å². The Morgan fingerprint density at radius 2 is 2.25 bits per heavy atom. The van der Waals surface area contributed by atoms with Crippen molar-refractivity contribution < 1.29 is 9.53 Å². The molecule has 0 aromatic heterocycles. The summed E-state index contributed by atoms with van der Waals surface area (Å²) in [6.07, 6.45) is 1.43. The quantitative estimate of drug-likeness (QED) is 0.384. The van der Waals surface area contributed by atoms with Gasteiger partial charge in [-0.25, -0.2) is 4.79 Å². The Morgan fingerprint density at radius 3 is 2.38 bits per heavy atom. The molecule has 0 bridgehead atoms. The molecule has 0 saturated carbocycles. The number of halogens is 1. The van der Waals surface area contributed by atoms with Gasteiger partial charge in [-0.2, -0.15) is 0 Å². The van der Waals surface area contributed by atoms with E-state index in [4.69, 9.17) is 0 Å². The van der Waals surface area contributed by atoms with E-state index in [2.05, 4.69) is 4.74 Å². The molecule has 0 aromatic carbocycles. The molecule has 0 fully saturated rings. The molecule has 0 atom stereocenters. The normalized spacial score (nSPS) is 11.1. The Kier molecular flexibility index (Phi) is 3.85. The van der Waals surface area contributed by atoms with Crippen LogP contribution in [-0.2, 0) is 9.53 Å². The molecular formula is C5H7IO2. The van der Waals surface area contributed by atoms with E-state index in [0.29, 0.717) is 0 Å². The summed E-state index contributed by atoms with van der Waals surface area (Å²) < 4.78 is 5.27. The minimum absolute atomic E-state index is 0.295. The lowest BCUT2D eigenvalue weighted by Crippen LogP contribution is -1.93. The van der Waals surface area contributed by atoms with Crippen molar-refractivity contribution >= 4 is 28.6 Å². The molecule has 0 heterocycles. The number of carbonyl (C=O) groups is 1. The van der Waals surface area contributed by atoms with Crippen LogP contribution < -0.4 is 0 Å². The number of hydrogen-bond acceptors (Lipinski definition) is 2. The highest BCUT2D eigenvalue weighted by Crippen LogP contribution is 2.01. The lowest BCUT2D eigenvalue weighted by atomic mass is 10.5. The lowest BCUT2D eigenvalue weighted by Gasteiger charge is -1.88. The van der Waals surface area contributed by atoms with Crippen molar-refractivity contribution in [3.63, 3.8) is 0 Å². The number of ether oxygens (including phenoxy) is 1. The fourth-order valence-corrected chi connectivity index (χ4v) is 0.476. The highest BCUT2D eigenvalue weighted by Gasteiger charge is 1.90. The third-order valence-electron chi connectivity index (χ3n) is 0.518. The van der Waals surface area contributed by atoms with E-state index in [0.717, 1.165) is 3.58 Å². The van der Waals surface area contributed by atoms with Gasteiger partial charge in [-0.05, 0) is 33.1 Å². The van der Waals surface area contributed by atoms with E-state index in [1.54, 1.807) is 0 Å². The first-order chi connectivity index (χ1) is 3.66. The van der Waals surface area contributed by atoms with Gasteiger partial charge in [0.25, 0.3) is 0 Å². The lowest BCUT2D eigenvalue weighted by molar-refractivity contribution is -0.134. The molecule has 0 amide bonds. The van der Waals surface area contributed by atoms with Crippen molar-refractivity contribution in [3.05, 3.63) is 9.66 Å². The molecule has 0 aliphatic carbocycles. The fourth-order valence-electron chi connectivity index (χ4n) is 0.221. The fraction of sp³-hybridized carbons (Fsp3) is 0.400. The smallest absolute Gasteiger partial charge is 0.331 e. The Hall–Kier alpha value is -0.0600. The Labute approximate surface area is 62.0 Å². The zero-order chi connectivity index (χ0) is 6.57. The molecule has 0 unspecified atom stereocenters. The van der Waals surface area contributed by atoms with Gasteiger partial charge in [0.15, 0.2) is 0 Å². The molecule has 3 heteroatoms. The van der Waals surface area contributed by atoms with Crippen LogP contribution in [0.3, 0.4) is 0 Å². The first-order valence-corrected chi connectivity index (χ1v) is 3.16. The van der Waals surface area contributed by atoms with Crippen LogP contribution in [0.4, 0.5) is 0 Å². The molecule has 0 aromatic rings. The van der Waals surface area contributed by atoms with Gasteiger partial charge in [-0.1, -0.05) is 0 Å². The average molecular weight is 226 g/mol. The highest BCUT2D eigenvalue weighted by molar-refractivity contribution is 14.1. The SMILES string of the molecule is COC(=O)/C=C(/C)I. The second-order valence-electron chi connectivity index (χ2n) is 1.25. The molecule has 0 N–H and O–H groups in total. The zero-order valence-corrected chi connectivity index (χ0v) is 6.93. The van der Waals surface area contributed by atoms with Crippen molar-refractivity contribution in [2.24, 2.45) is 0 Å². The van der Waals surface area contributed by atoms with Crippen molar-refractivity contribution in [1.82, 2.24) is 0 Å². The summed E-state index contributed by atoms with van der Waals surface area (Å²) in [5.74, 6) is -0.295. The number of esters is 1. The molecule has 0 spiro atoms. The summed E-state index contributed by atoms with van der Waals surface area (Å²) in [6.45, 7) is 1.83. The van der Waals surface area contributed by atoms with Crippen LogP contribution in [0.5, 0.6) is 0 Å². The summed E-state index contributed by atoms with van der Waals surface area (Å²) in [5, 5.41) is 0. The first-order valence-electron chi connectivity index (χ1n) is 2.08. The van der Waals surface area contributed by atoms with Gasteiger partial charge in [0.1, 0.15) is 0 Å².